The van der Waals surface area contributed by atoms with Crippen molar-refractivity contribution in [3.8, 4) is 6.07 Å². The van der Waals surface area contributed by atoms with Gasteiger partial charge < -0.3 is 19.9 Å². The normalized spacial score (nSPS) is 16.0. The second-order valence-corrected chi connectivity index (χ2v) is 5.78. The largest absolute Gasteiger partial charge is 0.466 e. The van der Waals surface area contributed by atoms with Gasteiger partial charge in [-0.3, -0.25) is 14.9 Å². The van der Waals surface area contributed by atoms with Crippen LogP contribution >= 0.6 is 0 Å². The van der Waals surface area contributed by atoms with Crippen LogP contribution in [0.25, 0.3) is 0 Å². The van der Waals surface area contributed by atoms with E-state index >= 15 is 0 Å². The SMILES string of the molecule is CCOC(=O)CC1=C(C(=O)OCC)[C@H](c2ccccc2[N+](=O)[O-])C(C#N)=C(N)O1. The fourth-order valence-corrected chi connectivity index (χ4v) is 2.93. The molecule has 1 aliphatic heterocycles. The molecule has 0 spiro atoms. The monoisotopic (exact) mass is 401 g/mol. The maximum Gasteiger partial charge on any atom is 0.338 e. The smallest absolute Gasteiger partial charge is 0.338 e. The highest BCUT2D eigenvalue weighted by Gasteiger charge is 2.41. The van der Waals surface area contributed by atoms with Gasteiger partial charge >= 0.3 is 11.9 Å². The van der Waals surface area contributed by atoms with Gasteiger partial charge in [-0.2, -0.15) is 5.26 Å². The summed E-state index contributed by atoms with van der Waals surface area (Å²) in [6, 6.07) is 7.46. The van der Waals surface area contributed by atoms with Crippen molar-refractivity contribution in [2.75, 3.05) is 13.2 Å². The summed E-state index contributed by atoms with van der Waals surface area (Å²) in [6.45, 7) is 3.28. The molecule has 10 heteroatoms. The topological polar surface area (TPSA) is 155 Å². The molecule has 0 fully saturated rings. The van der Waals surface area contributed by atoms with Gasteiger partial charge in [0.2, 0.25) is 5.88 Å². The minimum Gasteiger partial charge on any atom is -0.466 e. The van der Waals surface area contributed by atoms with Crippen LogP contribution in [0.2, 0.25) is 0 Å². The zero-order chi connectivity index (χ0) is 21.6. The van der Waals surface area contributed by atoms with E-state index in [4.69, 9.17) is 19.9 Å². The Balaban J connectivity index is 2.75. The molecule has 152 valence electrons. The van der Waals surface area contributed by atoms with Gasteiger partial charge in [-0.25, -0.2) is 4.79 Å². The van der Waals surface area contributed by atoms with Gasteiger partial charge in [0.1, 0.15) is 23.8 Å². The van der Waals surface area contributed by atoms with Crippen molar-refractivity contribution in [3.05, 3.63) is 62.7 Å². The fraction of sp³-hybridized carbons (Fsp3) is 0.316. The molecule has 0 aliphatic carbocycles. The summed E-state index contributed by atoms with van der Waals surface area (Å²) < 4.78 is 15.3. The van der Waals surface area contributed by atoms with Crippen molar-refractivity contribution < 1.29 is 28.7 Å². The minimum atomic E-state index is -1.24. The second-order valence-electron chi connectivity index (χ2n) is 5.78. The van der Waals surface area contributed by atoms with E-state index in [2.05, 4.69) is 0 Å². The molecule has 1 atom stereocenters. The third-order valence-corrected chi connectivity index (χ3v) is 4.05. The Morgan fingerprint density at radius 1 is 1.28 bits per heavy atom. The number of hydrogen-bond acceptors (Lipinski definition) is 9. The highest BCUT2D eigenvalue weighted by molar-refractivity contribution is 5.94. The fourth-order valence-electron chi connectivity index (χ4n) is 2.93. The standard InChI is InChI=1S/C19H19N3O7/c1-3-27-15(23)9-14-17(19(24)28-4-2)16(12(10-20)18(21)29-14)11-7-5-6-8-13(11)22(25)26/h5-8,16H,3-4,9,21H2,1-2H3/t16-/m1/s1. The molecule has 0 radical (unpaired) electrons. The molecule has 0 saturated heterocycles. The van der Waals surface area contributed by atoms with E-state index in [9.17, 15) is 25.0 Å². The number of nitro groups is 1. The first-order valence-corrected chi connectivity index (χ1v) is 8.72. The lowest BCUT2D eigenvalue weighted by Gasteiger charge is -2.27. The molecule has 10 nitrogen and oxygen atoms in total. The Morgan fingerprint density at radius 3 is 2.52 bits per heavy atom. The summed E-state index contributed by atoms with van der Waals surface area (Å²) >= 11 is 0. The third kappa shape index (κ3) is 4.52. The van der Waals surface area contributed by atoms with Crippen LogP contribution in [0, 0.1) is 21.4 Å². The molecule has 2 N–H and O–H groups in total. The molecule has 0 amide bonds. The van der Waals surface area contributed by atoms with E-state index in [1.807, 2.05) is 6.07 Å². The maximum absolute atomic E-state index is 12.7. The lowest BCUT2D eigenvalue weighted by molar-refractivity contribution is -0.385. The van der Waals surface area contributed by atoms with E-state index in [1.165, 1.54) is 24.3 Å². The molecule has 0 aromatic heterocycles. The van der Waals surface area contributed by atoms with Crippen LogP contribution < -0.4 is 5.73 Å². The zero-order valence-electron chi connectivity index (χ0n) is 15.8. The predicted molar refractivity (Wildman–Crippen MR) is 98.7 cm³/mol. The van der Waals surface area contributed by atoms with Crippen LogP contribution in [0.1, 0.15) is 31.7 Å². The summed E-state index contributed by atoms with van der Waals surface area (Å²) in [4.78, 5) is 35.6. The van der Waals surface area contributed by atoms with Crippen molar-refractivity contribution in [3.63, 3.8) is 0 Å². The second kappa shape index (κ2) is 9.36. The van der Waals surface area contributed by atoms with Crippen LogP contribution in [0.5, 0.6) is 0 Å². The number of nitriles is 1. The van der Waals surface area contributed by atoms with Crippen molar-refractivity contribution in [1.82, 2.24) is 0 Å². The van der Waals surface area contributed by atoms with Gasteiger partial charge in [-0.05, 0) is 13.8 Å². The van der Waals surface area contributed by atoms with Crippen LogP contribution in [0.3, 0.4) is 0 Å². The summed E-state index contributed by atoms with van der Waals surface area (Å²) in [5, 5.41) is 21.1. The predicted octanol–water partition coefficient (Wildman–Crippen LogP) is 2.17. The number of hydrogen-bond donors (Lipinski definition) is 1. The number of carbonyl (C=O) groups is 2. The molecule has 0 unspecified atom stereocenters. The van der Waals surface area contributed by atoms with Crippen LogP contribution in [-0.2, 0) is 23.8 Å². The molecule has 1 aliphatic rings. The van der Waals surface area contributed by atoms with E-state index in [0.717, 1.165) is 0 Å². The van der Waals surface area contributed by atoms with Crippen molar-refractivity contribution in [2.24, 2.45) is 5.73 Å². The molecule has 0 saturated carbocycles. The van der Waals surface area contributed by atoms with Gasteiger partial charge in [-0.15, -0.1) is 0 Å². The van der Waals surface area contributed by atoms with Gasteiger partial charge in [0.25, 0.3) is 5.69 Å². The van der Waals surface area contributed by atoms with Crippen LogP contribution in [0.15, 0.2) is 47.1 Å². The summed E-state index contributed by atoms with van der Waals surface area (Å²) in [5.74, 6) is -3.35. The molecule has 0 bridgehead atoms. The number of nitro benzene ring substituents is 1. The number of rotatable bonds is 7. The molecule has 29 heavy (non-hydrogen) atoms. The average molecular weight is 401 g/mol. The highest BCUT2D eigenvalue weighted by Crippen LogP contribution is 2.43. The van der Waals surface area contributed by atoms with Gasteiger partial charge in [0.15, 0.2) is 0 Å². The molecular formula is C19H19N3O7. The first-order valence-electron chi connectivity index (χ1n) is 8.72. The number of allylic oxidation sites excluding steroid dienone is 1. The minimum absolute atomic E-state index is 0.000292. The molecule has 1 aromatic rings. The maximum atomic E-state index is 12.7. The molecule has 2 rings (SSSR count). The van der Waals surface area contributed by atoms with Gasteiger partial charge in [-0.1, -0.05) is 18.2 Å². The van der Waals surface area contributed by atoms with Crippen molar-refractivity contribution in [1.29, 1.82) is 5.26 Å². The number of para-hydroxylation sites is 1. The van der Waals surface area contributed by atoms with E-state index in [1.54, 1.807) is 13.8 Å². The van der Waals surface area contributed by atoms with Crippen LogP contribution in [-0.4, -0.2) is 30.1 Å². The lowest BCUT2D eigenvalue weighted by atomic mass is 9.81. The molecule has 1 heterocycles. The lowest BCUT2D eigenvalue weighted by Crippen LogP contribution is -2.27. The molecule has 1 aromatic carbocycles. The van der Waals surface area contributed by atoms with Crippen LogP contribution in [0.4, 0.5) is 5.69 Å². The Morgan fingerprint density at radius 2 is 1.93 bits per heavy atom. The van der Waals surface area contributed by atoms with Crippen molar-refractivity contribution in [2.45, 2.75) is 26.2 Å². The summed E-state index contributed by atoms with van der Waals surface area (Å²) in [7, 11) is 0. The molecular weight excluding hydrogens is 382 g/mol. The van der Waals surface area contributed by atoms with Crippen molar-refractivity contribution >= 4 is 17.6 Å². The summed E-state index contributed by atoms with van der Waals surface area (Å²) in [5.41, 5.74) is 5.16. The zero-order valence-corrected chi connectivity index (χ0v) is 15.8. The number of ether oxygens (including phenoxy) is 3. The van der Waals surface area contributed by atoms with E-state index < -0.39 is 29.2 Å². The first-order chi connectivity index (χ1) is 13.8. The van der Waals surface area contributed by atoms with E-state index in [0.29, 0.717) is 0 Å². The van der Waals surface area contributed by atoms with Gasteiger partial charge in [0, 0.05) is 11.6 Å². The number of esters is 2. The van der Waals surface area contributed by atoms with E-state index in [-0.39, 0.29) is 47.3 Å². The Kier molecular flexibility index (Phi) is 6.92. The Bertz CT molecular complexity index is 943. The average Bonchev–Trinajstić information content (AvgIpc) is 2.67. The Labute approximate surface area is 166 Å². The highest BCUT2D eigenvalue weighted by atomic mass is 16.6. The third-order valence-electron chi connectivity index (χ3n) is 4.05. The number of nitrogens with zero attached hydrogens (tertiary/aromatic N) is 2. The summed E-state index contributed by atoms with van der Waals surface area (Å²) in [6.07, 6.45) is -0.460. The first kappa shape index (κ1) is 21.4. The number of carbonyl (C=O) groups excluding carboxylic acids is 2. The Hall–Kier alpha value is -3.87. The quantitative estimate of drug-likeness (QED) is 0.411. The van der Waals surface area contributed by atoms with Gasteiger partial charge in [0.05, 0.1) is 29.6 Å². The number of nitrogens with two attached hydrogens (primary N) is 1. The number of benzene rings is 1.